The number of amides is 1. The van der Waals surface area contributed by atoms with E-state index in [0.29, 0.717) is 18.7 Å². The second kappa shape index (κ2) is 6.24. The first-order chi connectivity index (χ1) is 8.07. The molecule has 0 fully saturated rings. The van der Waals surface area contributed by atoms with Crippen molar-refractivity contribution in [3.8, 4) is 0 Å². The van der Waals surface area contributed by atoms with Gasteiger partial charge in [0.25, 0.3) is 5.91 Å². The maximum atomic E-state index is 11.7. The largest absolute Gasteiger partial charge is 0.396 e. The Labute approximate surface area is 101 Å². The first-order valence-corrected chi connectivity index (χ1v) is 5.80. The number of anilines is 1. The third-order valence-corrected chi connectivity index (χ3v) is 2.50. The smallest absolute Gasteiger partial charge is 0.273 e. The molecule has 0 saturated carbocycles. The maximum Gasteiger partial charge on any atom is 0.273 e. The Hall–Kier alpha value is -1.56. The second-order valence-electron chi connectivity index (χ2n) is 4.24. The number of aliphatic hydroxyl groups is 1. The van der Waals surface area contributed by atoms with E-state index >= 15 is 0 Å². The van der Waals surface area contributed by atoms with Gasteiger partial charge in [-0.15, -0.1) is 0 Å². The standard InChI is InChI=1S/C11H20N4O2/c1-7(2)9-8(12)10(15-14-9)11(17)13-5-3-4-6-16/h7,16H,3-6,12H2,1-2H3,(H,13,17)(H,14,15). The first-order valence-electron chi connectivity index (χ1n) is 5.80. The third-order valence-electron chi connectivity index (χ3n) is 2.50. The number of nitrogens with one attached hydrogen (secondary N) is 2. The summed E-state index contributed by atoms with van der Waals surface area (Å²) in [6.07, 6.45) is 1.41. The number of aliphatic hydroxyl groups excluding tert-OH is 1. The van der Waals surface area contributed by atoms with E-state index in [-0.39, 0.29) is 24.1 Å². The number of H-pyrrole nitrogens is 1. The maximum absolute atomic E-state index is 11.7. The van der Waals surface area contributed by atoms with Gasteiger partial charge in [0.05, 0.1) is 11.4 Å². The molecule has 1 aromatic heterocycles. The number of carbonyl (C=O) groups is 1. The monoisotopic (exact) mass is 240 g/mol. The molecule has 6 heteroatoms. The number of aromatic amines is 1. The predicted octanol–water partition coefficient (Wildman–Crippen LogP) is 0.618. The molecule has 0 aliphatic rings. The molecule has 96 valence electrons. The van der Waals surface area contributed by atoms with E-state index in [9.17, 15) is 4.79 Å². The lowest BCUT2D eigenvalue weighted by molar-refractivity contribution is 0.0948. The van der Waals surface area contributed by atoms with Crippen LogP contribution in [-0.2, 0) is 0 Å². The van der Waals surface area contributed by atoms with Gasteiger partial charge < -0.3 is 16.2 Å². The van der Waals surface area contributed by atoms with Crippen LogP contribution in [0, 0.1) is 0 Å². The van der Waals surface area contributed by atoms with E-state index in [2.05, 4.69) is 15.5 Å². The number of hydrogen-bond donors (Lipinski definition) is 4. The molecule has 17 heavy (non-hydrogen) atoms. The zero-order valence-electron chi connectivity index (χ0n) is 10.3. The van der Waals surface area contributed by atoms with Crippen LogP contribution in [0.1, 0.15) is 48.8 Å². The Morgan fingerprint density at radius 3 is 2.76 bits per heavy atom. The molecule has 0 spiro atoms. The molecule has 1 heterocycles. The second-order valence-corrected chi connectivity index (χ2v) is 4.24. The minimum Gasteiger partial charge on any atom is -0.396 e. The predicted molar refractivity (Wildman–Crippen MR) is 65.7 cm³/mol. The van der Waals surface area contributed by atoms with Crippen molar-refractivity contribution in [1.82, 2.24) is 15.5 Å². The van der Waals surface area contributed by atoms with Gasteiger partial charge in [-0.2, -0.15) is 5.10 Å². The molecule has 6 nitrogen and oxygen atoms in total. The molecule has 1 rings (SSSR count). The summed E-state index contributed by atoms with van der Waals surface area (Å²) in [5.41, 5.74) is 7.29. The Morgan fingerprint density at radius 2 is 2.24 bits per heavy atom. The van der Waals surface area contributed by atoms with Crippen LogP contribution in [0.4, 0.5) is 5.69 Å². The minimum absolute atomic E-state index is 0.137. The van der Waals surface area contributed by atoms with E-state index in [0.717, 1.165) is 12.1 Å². The average molecular weight is 240 g/mol. The molecule has 0 bridgehead atoms. The van der Waals surface area contributed by atoms with Crippen molar-refractivity contribution in [2.45, 2.75) is 32.6 Å². The quantitative estimate of drug-likeness (QED) is 0.547. The Morgan fingerprint density at radius 1 is 1.53 bits per heavy atom. The molecule has 1 amide bonds. The number of carbonyl (C=O) groups excluding carboxylic acids is 1. The van der Waals surface area contributed by atoms with Gasteiger partial charge in [0.2, 0.25) is 0 Å². The van der Waals surface area contributed by atoms with Crippen molar-refractivity contribution in [2.24, 2.45) is 0 Å². The van der Waals surface area contributed by atoms with Crippen LogP contribution in [0.15, 0.2) is 0 Å². The van der Waals surface area contributed by atoms with Crippen LogP contribution in [0.5, 0.6) is 0 Å². The van der Waals surface area contributed by atoms with Crippen molar-refractivity contribution in [2.75, 3.05) is 18.9 Å². The molecule has 0 aromatic carbocycles. The number of rotatable bonds is 6. The molecule has 0 aliphatic heterocycles. The van der Waals surface area contributed by atoms with Crippen molar-refractivity contribution in [3.05, 3.63) is 11.4 Å². The molecule has 1 aromatic rings. The lowest BCUT2D eigenvalue weighted by Gasteiger charge is -2.04. The third kappa shape index (κ3) is 3.45. The summed E-state index contributed by atoms with van der Waals surface area (Å²) < 4.78 is 0. The van der Waals surface area contributed by atoms with Gasteiger partial charge in [-0.25, -0.2) is 0 Å². The van der Waals surface area contributed by atoms with Crippen LogP contribution in [0.25, 0.3) is 0 Å². The number of aromatic nitrogens is 2. The highest BCUT2D eigenvalue weighted by atomic mass is 16.2. The fourth-order valence-corrected chi connectivity index (χ4v) is 1.50. The molecular formula is C11H20N4O2. The highest BCUT2D eigenvalue weighted by Crippen LogP contribution is 2.21. The number of nitrogen functional groups attached to an aromatic ring is 1. The Bertz CT molecular complexity index is 374. The molecular weight excluding hydrogens is 220 g/mol. The van der Waals surface area contributed by atoms with Gasteiger partial charge >= 0.3 is 0 Å². The van der Waals surface area contributed by atoms with E-state index < -0.39 is 0 Å². The highest BCUT2D eigenvalue weighted by molar-refractivity contribution is 5.97. The fourth-order valence-electron chi connectivity index (χ4n) is 1.50. The zero-order valence-corrected chi connectivity index (χ0v) is 10.3. The van der Waals surface area contributed by atoms with E-state index in [1.165, 1.54) is 0 Å². The summed E-state index contributed by atoms with van der Waals surface area (Å²) in [4.78, 5) is 11.7. The SMILES string of the molecule is CC(C)c1[nH]nc(C(=O)NCCCCO)c1N. The van der Waals surface area contributed by atoms with E-state index in [1.807, 2.05) is 13.8 Å². The van der Waals surface area contributed by atoms with Gasteiger partial charge in [-0.3, -0.25) is 9.89 Å². The van der Waals surface area contributed by atoms with Gasteiger partial charge in [0.1, 0.15) is 0 Å². The molecule has 0 atom stereocenters. The summed E-state index contributed by atoms with van der Waals surface area (Å²) in [5.74, 6) is -0.0676. The number of nitrogens with two attached hydrogens (primary N) is 1. The van der Waals surface area contributed by atoms with E-state index in [1.54, 1.807) is 0 Å². The summed E-state index contributed by atoms with van der Waals surface area (Å²) in [7, 11) is 0. The lowest BCUT2D eigenvalue weighted by Crippen LogP contribution is -2.25. The number of unbranched alkanes of at least 4 members (excludes halogenated alkanes) is 1. The van der Waals surface area contributed by atoms with Crippen LogP contribution in [-0.4, -0.2) is 34.4 Å². The summed E-state index contributed by atoms with van der Waals surface area (Å²) in [5, 5.41) is 18.0. The average Bonchev–Trinajstić information content (AvgIpc) is 2.66. The van der Waals surface area contributed by atoms with Crippen molar-refractivity contribution in [3.63, 3.8) is 0 Å². The summed E-state index contributed by atoms with van der Waals surface area (Å²) in [6.45, 7) is 4.61. The van der Waals surface area contributed by atoms with Crippen LogP contribution in [0.3, 0.4) is 0 Å². The van der Waals surface area contributed by atoms with Gasteiger partial charge in [0.15, 0.2) is 5.69 Å². The van der Waals surface area contributed by atoms with Gasteiger partial charge in [-0.05, 0) is 18.8 Å². The molecule has 5 N–H and O–H groups in total. The zero-order chi connectivity index (χ0) is 12.8. The van der Waals surface area contributed by atoms with Crippen molar-refractivity contribution in [1.29, 1.82) is 0 Å². The van der Waals surface area contributed by atoms with Gasteiger partial charge in [-0.1, -0.05) is 13.8 Å². The number of hydrogen-bond acceptors (Lipinski definition) is 4. The van der Waals surface area contributed by atoms with E-state index in [4.69, 9.17) is 10.8 Å². The van der Waals surface area contributed by atoms with Crippen molar-refractivity contribution < 1.29 is 9.90 Å². The lowest BCUT2D eigenvalue weighted by atomic mass is 10.1. The molecule has 0 radical (unpaired) electrons. The van der Waals surface area contributed by atoms with Crippen molar-refractivity contribution >= 4 is 11.6 Å². The Balaban J connectivity index is 2.57. The molecule has 0 unspecified atom stereocenters. The van der Waals surface area contributed by atoms with Crippen LogP contribution in [0.2, 0.25) is 0 Å². The normalized spacial score (nSPS) is 10.8. The topological polar surface area (TPSA) is 104 Å². The Kier molecular flexibility index (Phi) is 4.96. The van der Waals surface area contributed by atoms with Crippen LogP contribution >= 0.6 is 0 Å². The fraction of sp³-hybridized carbons (Fsp3) is 0.636. The summed E-state index contributed by atoms with van der Waals surface area (Å²) in [6, 6.07) is 0. The molecule has 0 aliphatic carbocycles. The van der Waals surface area contributed by atoms with Gasteiger partial charge in [0, 0.05) is 13.2 Å². The molecule has 0 saturated heterocycles. The summed E-state index contributed by atoms with van der Waals surface area (Å²) >= 11 is 0. The highest BCUT2D eigenvalue weighted by Gasteiger charge is 2.18. The first kappa shape index (κ1) is 13.5. The minimum atomic E-state index is -0.274. The number of nitrogens with zero attached hydrogens (tertiary/aromatic N) is 1. The van der Waals surface area contributed by atoms with Crippen LogP contribution < -0.4 is 11.1 Å².